The molecule has 178 valence electrons. The number of aromatic nitrogens is 4. The van der Waals surface area contributed by atoms with Crippen LogP contribution in [0.2, 0.25) is 0 Å². The van der Waals surface area contributed by atoms with E-state index < -0.39 is 16.0 Å². The molecule has 0 saturated carbocycles. The first kappa shape index (κ1) is 22.9. The van der Waals surface area contributed by atoms with Gasteiger partial charge in [0.2, 0.25) is 5.76 Å². The van der Waals surface area contributed by atoms with Crippen molar-refractivity contribution in [1.82, 2.24) is 18.7 Å². The van der Waals surface area contributed by atoms with E-state index in [1.54, 1.807) is 65.4 Å². The average Bonchev–Trinajstić information content (AvgIpc) is 3.60. The summed E-state index contributed by atoms with van der Waals surface area (Å²) < 4.78 is 40.0. The Morgan fingerprint density at radius 1 is 1.03 bits per heavy atom. The van der Waals surface area contributed by atoms with E-state index in [0.29, 0.717) is 33.6 Å². The Balaban J connectivity index is 1.49. The van der Waals surface area contributed by atoms with Gasteiger partial charge in [0.15, 0.2) is 11.0 Å². The van der Waals surface area contributed by atoms with Crippen LogP contribution in [0.5, 0.6) is 0 Å². The molecule has 0 atom stereocenters. The Labute approximate surface area is 205 Å². The molecule has 0 amide bonds. The molecule has 0 aliphatic heterocycles. The van der Waals surface area contributed by atoms with Crippen molar-refractivity contribution >= 4 is 38.7 Å². The van der Waals surface area contributed by atoms with E-state index in [1.807, 2.05) is 19.2 Å². The molecule has 3 aromatic heterocycles. The van der Waals surface area contributed by atoms with Crippen molar-refractivity contribution in [3.63, 3.8) is 0 Å². The molecule has 0 radical (unpaired) electrons. The van der Waals surface area contributed by atoms with E-state index in [0.717, 1.165) is 5.39 Å². The minimum Gasteiger partial charge on any atom is -0.463 e. The Morgan fingerprint density at radius 2 is 1.77 bits per heavy atom. The van der Waals surface area contributed by atoms with Gasteiger partial charge in [-0.3, -0.25) is 0 Å². The molecule has 0 aliphatic carbocycles. The van der Waals surface area contributed by atoms with Crippen LogP contribution in [0.1, 0.15) is 16.3 Å². The zero-order chi connectivity index (χ0) is 24.6. The molecule has 11 heteroatoms. The number of thioether (sulfide) groups is 1. The molecule has 9 nitrogen and oxygen atoms in total. The summed E-state index contributed by atoms with van der Waals surface area (Å²) in [5.41, 5.74) is 1.20. The van der Waals surface area contributed by atoms with E-state index >= 15 is 0 Å². The number of para-hydroxylation sites is 1. The van der Waals surface area contributed by atoms with Gasteiger partial charge in [-0.2, -0.15) is 0 Å². The van der Waals surface area contributed by atoms with Crippen LogP contribution < -0.4 is 0 Å². The third kappa shape index (κ3) is 4.13. The highest BCUT2D eigenvalue weighted by molar-refractivity contribution is 7.98. The van der Waals surface area contributed by atoms with Gasteiger partial charge in [-0.1, -0.05) is 48.2 Å². The maximum atomic E-state index is 13.4. The van der Waals surface area contributed by atoms with Gasteiger partial charge in [0.05, 0.1) is 23.3 Å². The lowest BCUT2D eigenvalue weighted by molar-refractivity contribution is 0.0563. The number of benzene rings is 2. The van der Waals surface area contributed by atoms with Gasteiger partial charge in [-0.25, -0.2) is 17.2 Å². The minimum atomic E-state index is -3.81. The summed E-state index contributed by atoms with van der Waals surface area (Å²) in [6, 6.07) is 18.8. The van der Waals surface area contributed by atoms with E-state index in [9.17, 15) is 13.2 Å². The number of rotatable bonds is 7. The highest BCUT2D eigenvalue weighted by Gasteiger charge is 2.24. The lowest BCUT2D eigenvalue weighted by Gasteiger charge is -2.07. The average molecular weight is 509 g/mol. The van der Waals surface area contributed by atoms with Gasteiger partial charge in [0.1, 0.15) is 5.76 Å². The molecule has 2 aromatic carbocycles. The monoisotopic (exact) mass is 508 g/mol. The lowest BCUT2D eigenvalue weighted by atomic mass is 10.1. The van der Waals surface area contributed by atoms with Gasteiger partial charge in [-0.15, -0.1) is 10.2 Å². The predicted molar refractivity (Wildman–Crippen MR) is 131 cm³/mol. The summed E-state index contributed by atoms with van der Waals surface area (Å²) in [4.78, 5) is 11.8. The number of hydrogen-bond acceptors (Lipinski definition) is 8. The minimum absolute atomic E-state index is 0.134. The van der Waals surface area contributed by atoms with Gasteiger partial charge in [-0.05, 0) is 30.3 Å². The predicted octanol–water partition coefficient (Wildman–Crippen LogP) is 4.35. The number of carbonyl (C=O) groups is 1. The van der Waals surface area contributed by atoms with E-state index in [2.05, 4.69) is 14.9 Å². The standard InChI is InChI=1S/C24H20N4O5S2/c1-27-22(25-26-24(27)34-15-16-12-13-21(33-16)23(29)32-2)19-14-28(20-11-7-6-10-18(19)20)35(30,31)17-8-4-3-5-9-17/h3-14H,15H2,1-2H3. The van der Waals surface area contributed by atoms with Gasteiger partial charge in [0.25, 0.3) is 10.0 Å². The second kappa shape index (κ2) is 9.08. The first-order valence-corrected chi connectivity index (χ1v) is 12.9. The fourth-order valence-corrected chi connectivity index (χ4v) is 5.91. The first-order chi connectivity index (χ1) is 16.9. The van der Waals surface area contributed by atoms with Crippen molar-refractivity contribution in [2.24, 2.45) is 7.05 Å². The zero-order valence-electron chi connectivity index (χ0n) is 18.8. The molecule has 0 N–H and O–H groups in total. The highest BCUT2D eigenvalue weighted by atomic mass is 32.2. The van der Waals surface area contributed by atoms with Crippen LogP contribution in [0.4, 0.5) is 0 Å². The number of ether oxygens (including phenoxy) is 1. The second-order valence-corrected chi connectivity index (χ2v) is 10.3. The smallest absolute Gasteiger partial charge is 0.373 e. The van der Waals surface area contributed by atoms with Crippen LogP contribution in [-0.4, -0.2) is 40.2 Å². The highest BCUT2D eigenvalue weighted by Crippen LogP contribution is 2.33. The van der Waals surface area contributed by atoms with Crippen LogP contribution in [0.25, 0.3) is 22.3 Å². The lowest BCUT2D eigenvalue weighted by Crippen LogP contribution is -2.11. The Bertz CT molecular complexity index is 1630. The fourth-order valence-electron chi connectivity index (χ4n) is 3.71. The summed E-state index contributed by atoms with van der Waals surface area (Å²) in [5.74, 6) is 1.14. The van der Waals surface area contributed by atoms with Crippen molar-refractivity contribution in [3.05, 3.63) is 84.4 Å². The number of furan rings is 1. The molecule has 5 rings (SSSR count). The second-order valence-electron chi connectivity index (χ2n) is 7.59. The number of esters is 1. The molecule has 0 bridgehead atoms. The molecule has 0 saturated heterocycles. The zero-order valence-corrected chi connectivity index (χ0v) is 20.4. The molecular weight excluding hydrogens is 488 g/mol. The normalized spacial score (nSPS) is 11.7. The number of hydrogen-bond donors (Lipinski definition) is 0. The molecule has 35 heavy (non-hydrogen) atoms. The van der Waals surface area contributed by atoms with Crippen LogP contribution >= 0.6 is 11.8 Å². The number of methoxy groups -OCH3 is 1. The topological polar surface area (TPSA) is 109 Å². The van der Waals surface area contributed by atoms with Crippen molar-refractivity contribution in [3.8, 4) is 11.4 Å². The van der Waals surface area contributed by atoms with Gasteiger partial charge < -0.3 is 13.7 Å². The third-order valence-corrected chi connectivity index (χ3v) is 8.18. The van der Waals surface area contributed by atoms with Crippen LogP contribution in [0.3, 0.4) is 0 Å². The summed E-state index contributed by atoms with van der Waals surface area (Å²) in [6.07, 6.45) is 1.58. The first-order valence-electron chi connectivity index (χ1n) is 10.5. The molecule has 0 fully saturated rings. The Hall–Kier alpha value is -3.83. The van der Waals surface area contributed by atoms with Crippen molar-refractivity contribution in [1.29, 1.82) is 0 Å². The Kier molecular flexibility index (Phi) is 5.95. The maximum Gasteiger partial charge on any atom is 0.373 e. The third-order valence-electron chi connectivity index (χ3n) is 5.45. The number of carbonyl (C=O) groups excluding carboxylic acids is 1. The SMILES string of the molecule is COC(=O)c1ccc(CSc2nnc(-c3cn(S(=O)(=O)c4ccccc4)c4ccccc34)n2C)o1. The largest absolute Gasteiger partial charge is 0.463 e. The quantitative estimate of drug-likeness (QED) is 0.236. The molecule has 0 aliphatic rings. The molecule has 0 spiro atoms. The number of nitrogens with zero attached hydrogens (tertiary/aromatic N) is 4. The Morgan fingerprint density at radius 3 is 2.54 bits per heavy atom. The van der Waals surface area contributed by atoms with Crippen LogP contribution in [0, 0.1) is 0 Å². The molecule has 0 unspecified atom stereocenters. The van der Waals surface area contributed by atoms with Crippen molar-refractivity contribution in [2.45, 2.75) is 15.8 Å². The van der Waals surface area contributed by atoms with E-state index in [1.165, 1.54) is 22.8 Å². The van der Waals surface area contributed by atoms with Crippen molar-refractivity contribution < 1.29 is 22.4 Å². The summed E-state index contributed by atoms with van der Waals surface area (Å²) in [5, 5.41) is 9.98. The van der Waals surface area contributed by atoms with E-state index in [-0.39, 0.29) is 10.7 Å². The van der Waals surface area contributed by atoms with E-state index in [4.69, 9.17) is 4.42 Å². The van der Waals surface area contributed by atoms with Gasteiger partial charge in [0, 0.05) is 24.2 Å². The van der Waals surface area contributed by atoms with Crippen LogP contribution in [0.15, 0.2) is 87.4 Å². The summed E-state index contributed by atoms with van der Waals surface area (Å²) >= 11 is 1.38. The number of fused-ring (bicyclic) bond motifs is 1. The summed E-state index contributed by atoms with van der Waals surface area (Å²) in [6.45, 7) is 0. The van der Waals surface area contributed by atoms with Crippen molar-refractivity contribution in [2.75, 3.05) is 7.11 Å². The van der Waals surface area contributed by atoms with Crippen LogP contribution in [-0.2, 0) is 27.6 Å². The molecular formula is C24H20N4O5S2. The van der Waals surface area contributed by atoms with Gasteiger partial charge >= 0.3 is 5.97 Å². The fraction of sp³-hybridized carbons (Fsp3) is 0.125. The summed E-state index contributed by atoms with van der Waals surface area (Å²) in [7, 11) is -0.697. The molecule has 5 aromatic rings. The maximum absolute atomic E-state index is 13.4. The molecule has 3 heterocycles.